The topological polar surface area (TPSA) is 93.3 Å². The quantitative estimate of drug-likeness (QED) is 0.579. The van der Waals surface area contributed by atoms with Gasteiger partial charge in [0.15, 0.2) is 5.16 Å². The van der Waals surface area contributed by atoms with E-state index in [9.17, 15) is 9.59 Å². The van der Waals surface area contributed by atoms with Crippen LogP contribution in [-0.2, 0) is 11.2 Å². The first-order valence-corrected chi connectivity index (χ1v) is 8.71. The van der Waals surface area contributed by atoms with Gasteiger partial charge in [0.1, 0.15) is 11.5 Å². The van der Waals surface area contributed by atoms with Crippen molar-refractivity contribution in [2.24, 2.45) is 0 Å². The molecular formula is C17H21N3O4S. The van der Waals surface area contributed by atoms with E-state index in [0.29, 0.717) is 40.0 Å². The third-order valence-electron chi connectivity index (χ3n) is 3.57. The van der Waals surface area contributed by atoms with Gasteiger partial charge in [-0.25, -0.2) is 4.98 Å². The number of nitrogens with one attached hydrogen (secondary N) is 2. The summed E-state index contributed by atoms with van der Waals surface area (Å²) < 4.78 is 10.4. The van der Waals surface area contributed by atoms with Crippen LogP contribution in [0.2, 0.25) is 0 Å². The second-order valence-electron chi connectivity index (χ2n) is 5.19. The van der Waals surface area contributed by atoms with E-state index < -0.39 is 0 Å². The first kappa shape index (κ1) is 18.9. The summed E-state index contributed by atoms with van der Waals surface area (Å²) in [5, 5.41) is 3.20. The van der Waals surface area contributed by atoms with Gasteiger partial charge in [0.25, 0.3) is 5.56 Å². The predicted molar refractivity (Wildman–Crippen MR) is 97.9 cm³/mol. The zero-order chi connectivity index (χ0) is 18.4. The van der Waals surface area contributed by atoms with Crippen LogP contribution in [0.15, 0.2) is 28.2 Å². The zero-order valence-electron chi connectivity index (χ0n) is 14.6. The highest BCUT2D eigenvalue weighted by atomic mass is 32.2. The second-order valence-corrected chi connectivity index (χ2v) is 6.16. The van der Waals surface area contributed by atoms with E-state index in [4.69, 9.17) is 9.47 Å². The van der Waals surface area contributed by atoms with Crippen LogP contribution < -0.4 is 20.3 Å². The summed E-state index contributed by atoms with van der Waals surface area (Å²) in [6, 6.07) is 5.14. The molecule has 0 saturated heterocycles. The lowest BCUT2D eigenvalue weighted by Crippen LogP contribution is -2.18. The molecule has 1 heterocycles. The number of aryl methyl sites for hydroxylation is 1. The number of aromatic nitrogens is 2. The van der Waals surface area contributed by atoms with Crippen molar-refractivity contribution < 1.29 is 14.3 Å². The van der Waals surface area contributed by atoms with Crippen LogP contribution in [0.25, 0.3) is 0 Å². The number of amides is 1. The van der Waals surface area contributed by atoms with E-state index in [0.717, 1.165) is 0 Å². The predicted octanol–water partition coefficient (Wildman–Crippen LogP) is 2.39. The fourth-order valence-corrected chi connectivity index (χ4v) is 3.01. The molecule has 25 heavy (non-hydrogen) atoms. The van der Waals surface area contributed by atoms with Gasteiger partial charge in [0.2, 0.25) is 5.91 Å². The molecule has 0 saturated carbocycles. The summed E-state index contributed by atoms with van der Waals surface area (Å²) >= 11 is 1.17. The molecule has 0 bridgehead atoms. The maximum Gasteiger partial charge on any atom is 0.254 e. The molecule has 1 aromatic heterocycles. The Morgan fingerprint density at radius 2 is 2.08 bits per heavy atom. The van der Waals surface area contributed by atoms with E-state index in [1.807, 2.05) is 6.92 Å². The molecule has 7 nitrogen and oxygen atoms in total. The van der Waals surface area contributed by atoms with Gasteiger partial charge in [-0.1, -0.05) is 18.7 Å². The van der Waals surface area contributed by atoms with Crippen LogP contribution in [0.4, 0.5) is 5.69 Å². The zero-order valence-corrected chi connectivity index (χ0v) is 15.5. The molecule has 0 atom stereocenters. The largest absolute Gasteiger partial charge is 0.497 e. The normalized spacial score (nSPS) is 10.4. The number of methoxy groups -OCH3 is 2. The van der Waals surface area contributed by atoms with Crippen molar-refractivity contribution in [1.29, 1.82) is 0 Å². The van der Waals surface area contributed by atoms with Crippen molar-refractivity contribution in [2.75, 3.05) is 25.3 Å². The summed E-state index contributed by atoms with van der Waals surface area (Å²) in [7, 11) is 3.08. The van der Waals surface area contributed by atoms with Crippen molar-refractivity contribution in [2.45, 2.75) is 25.4 Å². The van der Waals surface area contributed by atoms with Gasteiger partial charge in [-0.3, -0.25) is 9.59 Å². The standard InChI is InChI=1S/C17H21N3O4S/c1-5-12-10(2)18-17(20-16(12)22)25-9-15(21)19-13-8-11(23-3)6-7-14(13)24-4/h6-8H,5,9H2,1-4H3,(H,19,21)(H,18,20,22). The number of hydrogen-bond donors (Lipinski definition) is 2. The minimum absolute atomic E-state index is 0.105. The number of carbonyl (C=O) groups is 1. The summed E-state index contributed by atoms with van der Waals surface area (Å²) in [6.07, 6.45) is 0.620. The summed E-state index contributed by atoms with van der Waals surface area (Å²) in [5.41, 5.74) is 1.71. The molecule has 0 aliphatic heterocycles. The first-order chi connectivity index (χ1) is 12.0. The van der Waals surface area contributed by atoms with Crippen LogP contribution in [0.1, 0.15) is 18.2 Å². The summed E-state index contributed by atoms with van der Waals surface area (Å²) in [6.45, 7) is 3.69. The van der Waals surface area contributed by atoms with Crippen molar-refractivity contribution >= 4 is 23.4 Å². The van der Waals surface area contributed by atoms with E-state index in [1.165, 1.54) is 18.9 Å². The number of thioether (sulfide) groups is 1. The second kappa shape index (κ2) is 8.57. The number of anilines is 1. The minimum Gasteiger partial charge on any atom is -0.497 e. The third kappa shape index (κ3) is 4.76. The minimum atomic E-state index is -0.239. The number of benzene rings is 1. The number of nitrogens with zero attached hydrogens (tertiary/aromatic N) is 1. The number of hydrogen-bond acceptors (Lipinski definition) is 6. The molecule has 1 aromatic carbocycles. The Labute approximate surface area is 150 Å². The lowest BCUT2D eigenvalue weighted by molar-refractivity contribution is -0.113. The molecule has 8 heteroatoms. The molecule has 0 aliphatic carbocycles. The van der Waals surface area contributed by atoms with Gasteiger partial charge in [-0.2, -0.15) is 0 Å². The average Bonchev–Trinajstić information content (AvgIpc) is 2.59. The highest BCUT2D eigenvalue weighted by Crippen LogP contribution is 2.29. The average molecular weight is 363 g/mol. The SMILES string of the molecule is CCc1c(C)nc(SCC(=O)Nc2cc(OC)ccc2OC)[nH]c1=O. The molecule has 2 N–H and O–H groups in total. The molecule has 0 fully saturated rings. The molecule has 0 unspecified atom stereocenters. The molecular weight excluding hydrogens is 342 g/mol. The molecule has 134 valence electrons. The van der Waals surface area contributed by atoms with Gasteiger partial charge >= 0.3 is 0 Å². The molecule has 2 aromatic rings. The molecule has 0 aliphatic rings. The van der Waals surface area contributed by atoms with Gasteiger partial charge in [0, 0.05) is 17.3 Å². The third-order valence-corrected chi connectivity index (χ3v) is 4.45. The van der Waals surface area contributed by atoms with Crippen LogP contribution in [0.5, 0.6) is 11.5 Å². The smallest absolute Gasteiger partial charge is 0.254 e. The van der Waals surface area contributed by atoms with Crippen molar-refractivity contribution in [1.82, 2.24) is 9.97 Å². The molecule has 2 rings (SSSR count). The van der Waals surface area contributed by atoms with Crippen molar-refractivity contribution in [3.05, 3.63) is 39.8 Å². The number of ether oxygens (including phenoxy) is 2. The van der Waals surface area contributed by atoms with Crippen LogP contribution in [0, 0.1) is 6.92 Å². The van der Waals surface area contributed by atoms with Crippen LogP contribution >= 0.6 is 11.8 Å². The molecule has 1 amide bonds. The van der Waals surface area contributed by atoms with Crippen LogP contribution in [0.3, 0.4) is 0 Å². The Kier molecular flexibility index (Phi) is 6.46. The molecule has 0 spiro atoms. The lowest BCUT2D eigenvalue weighted by Gasteiger charge is -2.11. The fourth-order valence-electron chi connectivity index (χ4n) is 2.30. The number of aromatic amines is 1. The van der Waals surface area contributed by atoms with Crippen molar-refractivity contribution in [3.63, 3.8) is 0 Å². The number of rotatable bonds is 7. The van der Waals surface area contributed by atoms with Crippen molar-refractivity contribution in [3.8, 4) is 11.5 Å². The fraction of sp³-hybridized carbons (Fsp3) is 0.353. The Bertz CT molecular complexity index is 820. The lowest BCUT2D eigenvalue weighted by atomic mass is 10.2. The van der Waals surface area contributed by atoms with Crippen LogP contribution in [-0.4, -0.2) is 35.8 Å². The number of carbonyl (C=O) groups excluding carboxylic acids is 1. The van der Waals surface area contributed by atoms with E-state index >= 15 is 0 Å². The van der Waals surface area contributed by atoms with Gasteiger partial charge in [-0.15, -0.1) is 0 Å². The highest BCUT2D eigenvalue weighted by Gasteiger charge is 2.12. The van der Waals surface area contributed by atoms with Gasteiger partial charge < -0.3 is 19.8 Å². The van der Waals surface area contributed by atoms with E-state index in [2.05, 4.69) is 15.3 Å². The number of H-pyrrole nitrogens is 1. The van der Waals surface area contributed by atoms with E-state index in [-0.39, 0.29) is 17.2 Å². The highest BCUT2D eigenvalue weighted by molar-refractivity contribution is 7.99. The first-order valence-electron chi connectivity index (χ1n) is 7.73. The summed E-state index contributed by atoms with van der Waals surface area (Å²) in [4.78, 5) is 31.2. The Morgan fingerprint density at radius 1 is 1.32 bits per heavy atom. The maximum atomic E-state index is 12.2. The Hall–Kier alpha value is -2.48. The Morgan fingerprint density at radius 3 is 2.68 bits per heavy atom. The maximum absolute atomic E-state index is 12.2. The Balaban J connectivity index is 2.05. The summed E-state index contributed by atoms with van der Waals surface area (Å²) in [5.74, 6) is 1.01. The van der Waals surface area contributed by atoms with Gasteiger partial charge in [-0.05, 0) is 25.5 Å². The monoisotopic (exact) mass is 363 g/mol. The van der Waals surface area contributed by atoms with E-state index in [1.54, 1.807) is 32.2 Å². The van der Waals surface area contributed by atoms with Gasteiger partial charge in [0.05, 0.1) is 25.7 Å². The molecule has 0 radical (unpaired) electrons.